The van der Waals surface area contributed by atoms with Gasteiger partial charge in [-0.2, -0.15) is 0 Å². The van der Waals surface area contributed by atoms with E-state index in [1.807, 2.05) is 6.07 Å². The summed E-state index contributed by atoms with van der Waals surface area (Å²) in [6.45, 7) is 3.53. The van der Waals surface area contributed by atoms with Gasteiger partial charge in [-0.3, -0.25) is 11.3 Å². The number of nitrogens with two attached hydrogens (primary N) is 1. The minimum absolute atomic E-state index is 0.119. The first kappa shape index (κ1) is 14.1. The molecule has 0 heterocycles. The van der Waals surface area contributed by atoms with Crippen LogP contribution in [0.25, 0.3) is 0 Å². The molecule has 96 valence electrons. The summed E-state index contributed by atoms with van der Waals surface area (Å²) in [6, 6.07) is 6.72. The van der Waals surface area contributed by atoms with Crippen molar-refractivity contribution < 1.29 is 9.13 Å². The van der Waals surface area contributed by atoms with Crippen molar-refractivity contribution in [1.82, 2.24) is 5.43 Å². The maximum absolute atomic E-state index is 13.0. The summed E-state index contributed by atoms with van der Waals surface area (Å²) in [7, 11) is 0. The molecule has 0 aromatic heterocycles. The molecule has 3 N–H and O–H groups in total. The third-order valence-corrected chi connectivity index (χ3v) is 2.57. The van der Waals surface area contributed by atoms with E-state index in [1.54, 1.807) is 6.07 Å². The first-order chi connectivity index (χ1) is 8.26. The fourth-order valence-corrected chi connectivity index (χ4v) is 1.66. The Hall–Kier alpha value is -0.970. The molecule has 1 aromatic carbocycles. The highest BCUT2D eigenvalue weighted by molar-refractivity contribution is 5.17. The molecule has 0 radical (unpaired) electrons. The predicted octanol–water partition coefficient (Wildman–Crippen LogP) is 2.02. The molecule has 0 amide bonds. The van der Waals surface area contributed by atoms with Gasteiger partial charge < -0.3 is 4.74 Å². The number of benzene rings is 1. The lowest BCUT2D eigenvalue weighted by atomic mass is 10.0. The van der Waals surface area contributed by atoms with E-state index in [4.69, 9.17) is 10.6 Å². The fourth-order valence-electron chi connectivity index (χ4n) is 1.66. The second-order valence-corrected chi connectivity index (χ2v) is 4.10. The quantitative estimate of drug-likeness (QED) is 0.415. The molecule has 0 aliphatic heterocycles. The van der Waals surface area contributed by atoms with Crippen LogP contribution in [0.5, 0.6) is 0 Å². The molecule has 4 heteroatoms. The molecule has 17 heavy (non-hydrogen) atoms. The number of hydrogen-bond acceptors (Lipinski definition) is 3. The van der Waals surface area contributed by atoms with E-state index in [0.29, 0.717) is 13.0 Å². The molecule has 3 nitrogen and oxygen atoms in total. The first-order valence-corrected chi connectivity index (χ1v) is 6.04. The maximum Gasteiger partial charge on any atom is 0.123 e. The van der Waals surface area contributed by atoms with E-state index in [2.05, 4.69) is 12.3 Å². The first-order valence-electron chi connectivity index (χ1n) is 6.04. The van der Waals surface area contributed by atoms with Gasteiger partial charge in [0.05, 0.1) is 0 Å². The van der Waals surface area contributed by atoms with Crippen molar-refractivity contribution in [2.45, 2.75) is 32.2 Å². The second kappa shape index (κ2) is 8.17. The standard InChI is InChI=1S/C13H21FN2O/c1-2-7-17-8-6-13(16-15)10-11-4-3-5-12(14)9-11/h3-5,9,13,16H,2,6-8,10,15H2,1H3. The number of hydrazine groups is 1. The van der Waals surface area contributed by atoms with Crippen LogP contribution >= 0.6 is 0 Å². The zero-order valence-corrected chi connectivity index (χ0v) is 10.3. The highest BCUT2D eigenvalue weighted by Gasteiger charge is 2.08. The summed E-state index contributed by atoms with van der Waals surface area (Å²) in [5.41, 5.74) is 3.69. The minimum atomic E-state index is -0.208. The third kappa shape index (κ3) is 5.77. The van der Waals surface area contributed by atoms with Crippen molar-refractivity contribution in [1.29, 1.82) is 0 Å². The van der Waals surface area contributed by atoms with E-state index in [1.165, 1.54) is 12.1 Å². The van der Waals surface area contributed by atoms with Crippen LogP contribution in [0.2, 0.25) is 0 Å². The Labute approximate surface area is 102 Å². The molecule has 1 unspecified atom stereocenters. The van der Waals surface area contributed by atoms with Gasteiger partial charge in [0.2, 0.25) is 0 Å². The van der Waals surface area contributed by atoms with Crippen LogP contribution in [0.4, 0.5) is 4.39 Å². The summed E-state index contributed by atoms with van der Waals surface area (Å²) in [4.78, 5) is 0. The summed E-state index contributed by atoms with van der Waals surface area (Å²) < 4.78 is 18.4. The fraction of sp³-hybridized carbons (Fsp3) is 0.538. The number of hydrogen-bond donors (Lipinski definition) is 2. The minimum Gasteiger partial charge on any atom is -0.381 e. The molecule has 0 fully saturated rings. The Morgan fingerprint density at radius 1 is 1.41 bits per heavy atom. The highest BCUT2D eigenvalue weighted by Crippen LogP contribution is 2.08. The van der Waals surface area contributed by atoms with Crippen LogP contribution < -0.4 is 11.3 Å². The van der Waals surface area contributed by atoms with E-state index in [-0.39, 0.29) is 11.9 Å². The smallest absolute Gasteiger partial charge is 0.123 e. The molecule has 0 aliphatic carbocycles. The van der Waals surface area contributed by atoms with Gasteiger partial charge in [0.1, 0.15) is 5.82 Å². The Kier molecular flexibility index (Phi) is 6.77. The van der Waals surface area contributed by atoms with Crippen LogP contribution in [0, 0.1) is 5.82 Å². The summed E-state index contributed by atoms with van der Waals surface area (Å²) >= 11 is 0. The lowest BCUT2D eigenvalue weighted by Crippen LogP contribution is -2.37. The molecule has 0 aliphatic rings. The molecule has 0 saturated carbocycles. The van der Waals surface area contributed by atoms with Gasteiger partial charge in [0.15, 0.2) is 0 Å². The van der Waals surface area contributed by atoms with E-state index in [0.717, 1.165) is 25.0 Å². The SMILES string of the molecule is CCCOCCC(Cc1cccc(F)c1)NN. The lowest BCUT2D eigenvalue weighted by Gasteiger charge is -2.15. The molecule has 0 saturated heterocycles. The van der Waals surface area contributed by atoms with Crippen molar-refractivity contribution in [2.24, 2.45) is 5.84 Å². The largest absolute Gasteiger partial charge is 0.381 e. The average Bonchev–Trinajstić information content (AvgIpc) is 2.33. The van der Waals surface area contributed by atoms with Crippen molar-refractivity contribution in [3.05, 3.63) is 35.6 Å². The van der Waals surface area contributed by atoms with Gasteiger partial charge in [0, 0.05) is 19.3 Å². The van der Waals surface area contributed by atoms with Gasteiger partial charge in [0.25, 0.3) is 0 Å². The summed E-state index contributed by atoms with van der Waals surface area (Å²) in [5, 5.41) is 0. The van der Waals surface area contributed by atoms with Crippen LogP contribution in [-0.2, 0) is 11.2 Å². The van der Waals surface area contributed by atoms with Crippen molar-refractivity contribution in [3.63, 3.8) is 0 Å². The lowest BCUT2D eigenvalue weighted by molar-refractivity contribution is 0.124. The monoisotopic (exact) mass is 240 g/mol. The predicted molar refractivity (Wildman–Crippen MR) is 66.9 cm³/mol. The molecule has 1 rings (SSSR count). The number of rotatable bonds is 8. The molecule has 1 atom stereocenters. The summed E-state index contributed by atoms with van der Waals surface area (Å²) in [6.07, 6.45) is 2.56. The Balaban J connectivity index is 2.35. The molecule has 0 bridgehead atoms. The average molecular weight is 240 g/mol. The van der Waals surface area contributed by atoms with Crippen LogP contribution in [-0.4, -0.2) is 19.3 Å². The number of ether oxygens (including phenoxy) is 1. The van der Waals surface area contributed by atoms with Crippen LogP contribution in [0.1, 0.15) is 25.3 Å². The van der Waals surface area contributed by atoms with E-state index in [9.17, 15) is 4.39 Å². The van der Waals surface area contributed by atoms with E-state index < -0.39 is 0 Å². The van der Waals surface area contributed by atoms with Crippen molar-refractivity contribution in [3.8, 4) is 0 Å². The molecular weight excluding hydrogens is 219 g/mol. The number of nitrogens with one attached hydrogen (secondary N) is 1. The topological polar surface area (TPSA) is 47.3 Å². The number of halogens is 1. The second-order valence-electron chi connectivity index (χ2n) is 4.10. The Bertz CT molecular complexity index is 320. The molecule has 0 spiro atoms. The highest BCUT2D eigenvalue weighted by atomic mass is 19.1. The van der Waals surface area contributed by atoms with Gasteiger partial charge in [-0.05, 0) is 37.0 Å². The molecule has 1 aromatic rings. The third-order valence-electron chi connectivity index (χ3n) is 2.57. The summed E-state index contributed by atoms with van der Waals surface area (Å²) in [5.74, 6) is 5.27. The zero-order valence-electron chi connectivity index (χ0n) is 10.3. The van der Waals surface area contributed by atoms with Crippen LogP contribution in [0.3, 0.4) is 0 Å². The normalized spacial score (nSPS) is 12.6. The van der Waals surface area contributed by atoms with Gasteiger partial charge >= 0.3 is 0 Å². The Morgan fingerprint density at radius 3 is 2.88 bits per heavy atom. The van der Waals surface area contributed by atoms with Gasteiger partial charge in [-0.1, -0.05) is 19.1 Å². The van der Waals surface area contributed by atoms with Crippen molar-refractivity contribution in [2.75, 3.05) is 13.2 Å². The van der Waals surface area contributed by atoms with Gasteiger partial charge in [-0.15, -0.1) is 0 Å². The zero-order chi connectivity index (χ0) is 12.5. The van der Waals surface area contributed by atoms with Gasteiger partial charge in [-0.25, -0.2) is 4.39 Å². The van der Waals surface area contributed by atoms with Crippen molar-refractivity contribution >= 4 is 0 Å². The maximum atomic E-state index is 13.0. The van der Waals surface area contributed by atoms with Crippen LogP contribution in [0.15, 0.2) is 24.3 Å². The Morgan fingerprint density at radius 2 is 2.24 bits per heavy atom. The van der Waals surface area contributed by atoms with E-state index >= 15 is 0 Å². The molecular formula is C13H21FN2O.